The van der Waals surface area contributed by atoms with Crippen molar-refractivity contribution in [3.63, 3.8) is 0 Å². The molecule has 1 N–H and O–H groups in total. The van der Waals surface area contributed by atoms with Crippen LogP contribution in [0.1, 0.15) is 11.1 Å². The number of amides is 1. The second kappa shape index (κ2) is 7.01. The van der Waals surface area contributed by atoms with Crippen molar-refractivity contribution < 1.29 is 4.79 Å². The van der Waals surface area contributed by atoms with Crippen molar-refractivity contribution in [1.29, 1.82) is 0 Å². The third-order valence-electron chi connectivity index (χ3n) is 3.86. The van der Waals surface area contributed by atoms with Crippen molar-refractivity contribution in [3.05, 3.63) is 80.6 Å². The lowest BCUT2D eigenvalue weighted by molar-refractivity contribution is -0.121. The summed E-state index contributed by atoms with van der Waals surface area (Å²) >= 11 is 3.41. The molecule has 122 valence electrons. The molecule has 1 heterocycles. The summed E-state index contributed by atoms with van der Waals surface area (Å²) in [5.41, 5.74) is 2.94. The van der Waals surface area contributed by atoms with Gasteiger partial charge in [0.25, 0.3) is 0 Å². The van der Waals surface area contributed by atoms with Gasteiger partial charge in [0.2, 0.25) is 5.91 Å². The number of halogens is 1. The first-order chi connectivity index (χ1) is 11.5. The highest BCUT2D eigenvalue weighted by Gasteiger charge is 2.07. The topological polar surface area (TPSA) is 51.1 Å². The average molecular weight is 385 g/mol. The number of hydrogen-bond acceptors (Lipinski definition) is 2. The molecule has 0 aliphatic rings. The average Bonchev–Trinajstić information content (AvgIpc) is 2.57. The van der Waals surface area contributed by atoms with Gasteiger partial charge in [-0.2, -0.15) is 0 Å². The van der Waals surface area contributed by atoms with Crippen molar-refractivity contribution in [3.8, 4) is 0 Å². The molecule has 24 heavy (non-hydrogen) atoms. The fourth-order valence-electron chi connectivity index (χ4n) is 2.53. The maximum atomic E-state index is 12.2. The van der Waals surface area contributed by atoms with Gasteiger partial charge in [0.1, 0.15) is 6.54 Å². The number of carbonyl (C=O) groups is 1. The van der Waals surface area contributed by atoms with E-state index in [0.717, 1.165) is 15.6 Å². The van der Waals surface area contributed by atoms with Crippen molar-refractivity contribution in [2.45, 2.75) is 20.0 Å². The summed E-state index contributed by atoms with van der Waals surface area (Å²) in [5.74, 6) is -0.0968. The fraction of sp³-hybridized carbons (Fsp3) is 0.158. The number of nitrogens with zero attached hydrogens (tertiary/aromatic N) is 1. The van der Waals surface area contributed by atoms with Gasteiger partial charge in [-0.15, -0.1) is 0 Å². The molecule has 3 rings (SSSR count). The molecule has 1 amide bonds. The zero-order chi connectivity index (χ0) is 17.1. The molecule has 4 nitrogen and oxygen atoms in total. The predicted octanol–water partition coefficient (Wildman–Crippen LogP) is 3.39. The number of aryl methyl sites for hydroxylation is 1. The highest BCUT2D eigenvalue weighted by molar-refractivity contribution is 9.10. The van der Waals surface area contributed by atoms with E-state index >= 15 is 0 Å². The Hall–Kier alpha value is -2.40. The molecule has 0 fully saturated rings. The van der Waals surface area contributed by atoms with Gasteiger partial charge >= 0.3 is 0 Å². The van der Waals surface area contributed by atoms with Crippen LogP contribution in [-0.2, 0) is 17.9 Å². The molecular formula is C19H17BrN2O2. The summed E-state index contributed by atoms with van der Waals surface area (Å²) in [6, 6.07) is 15.0. The van der Waals surface area contributed by atoms with Crippen LogP contribution in [0.15, 0.2) is 64.0 Å². The van der Waals surface area contributed by atoms with Crippen LogP contribution in [0.5, 0.6) is 0 Å². The van der Waals surface area contributed by atoms with Crippen LogP contribution in [-0.4, -0.2) is 10.5 Å². The molecule has 0 unspecified atom stereocenters. The zero-order valence-electron chi connectivity index (χ0n) is 13.3. The Balaban J connectivity index is 1.76. The van der Waals surface area contributed by atoms with E-state index in [9.17, 15) is 9.59 Å². The number of fused-ring (bicyclic) bond motifs is 1. The number of nitrogens with one attached hydrogen (secondary N) is 1. The largest absolute Gasteiger partial charge is 0.350 e. The second-order valence-corrected chi connectivity index (χ2v) is 6.65. The van der Waals surface area contributed by atoms with E-state index in [0.29, 0.717) is 11.9 Å². The smallest absolute Gasteiger partial charge is 0.240 e. The lowest BCUT2D eigenvalue weighted by Crippen LogP contribution is -2.27. The molecule has 0 bridgehead atoms. The van der Waals surface area contributed by atoms with E-state index in [-0.39, 0.29) is 17.9 Å². The molecule has 0 aliphatic carbocycles. The lowest BCUT2D eigenvalue weighted by atomic mass is 10.1. The first-order valence-electron chi connectivity index (χ1n) is 7.64. The summed E-state index contributed by atoms with van der Waals surface area (Å²) < 4.78 is 2.65. The molecule has 0 aliphatic heterocycles. The second-order valence-electron chi connectivity index (χ2n) is 5.73. The van der Waals surface area contributed by atoms with Crippen molar-refractivity contribution >= 4 is 32.7 Å². The Bertz CT molecular complexity index is 946. The summed E-state index contributed by atoms with van der Waals surface area (Å²) in [4.78, 5) is 24.2. The van der Waals surface area contributed by atoms with Gasteiger partial charge in [0.15, 0.2) is 5.43 Å². The maximum absolute atomic E-state index is 12.2. The summed E-state index contributed by atoms with van der Waals surface area (Å²) in [6.45, 7) is 2.68. The number of pyridine rings is 1. The Morgan fingerprint density at radius 1 is 1.12 bits per heavy atom. The van der Waals surface area contributed by atoms with Crippen LogP contribution in [0.3, 0.4) is 0 Å². The maximum Gasteiger partial charge on any atom is 0.240 e. The van der Waals surface area contributed by atoms with E-state index in [1.807, 2.05) is 43.3 Å². The van der Waals surface area contributed by atoms with Gasteiger partial charge in [-0.05, 0) is 30.7 Å². The van der Waals surface area contributed by atoms with Gasteiger partial charge in [0.05, 0.1) is 5.52 Å². The molecule has 0 spiro atoms. The quantitative estimate of drug-likeness (QED) is 0.749. The van der Waals surface area contributed by atoms with Crippen LogP contribution in [0, 0.1) is 6.92 Å². The third kappa shape index (κ3) is 3.74. The first-order valence-corrected chi connectivity index (χ1v) is 8.43. The van der Waals surface area contributed by atoms with E-state index in [4.69, 9.17) is 0 Å². The number of carbonyl (C=O) groups excluding carboxylic acids is 1. The Kier molecular flexibility index (Phi) is 4.81. The Labute approximate surface area is 148 Å². The molecule has 0 atom stereocenters. The monoisotopic (exact) mass is 384 g/mol. The van der Waals surface area contributed by atoms with Gasteiger partial charge in [-0.1, -0.05) is 45.8 Å². The van der Waals surface area contributed by atoms with Crippen LogP contribution in [0.25, 0.3) is 10.9 Å². The van der Waals surface area contributed by atoms with Crippen LogP contribution in [0.2, 0.25) is 0 Å². The minimum atomic E-state index is -0.0968. The van der Waals surface area contributed by atoms with E-state index < -0.39 is 0 Å². The summed E-state index contributed by atoms with van der Waals surface area (Å²) in [5, 5.41) is 3.51. The molecule has 2 aromatic carbocycles. The number of hydrogen-bond donors (Lipinski definition) is 1. The van der Waals surface area contributed by atoms with Crippen LogP contribution < -0.4 is 10.7 Å². The van der Waals surface area contributed by atoms with E-state index in [2.05, 4.69) is 21.2 Å². The summed E-state index contributed by atoms with van der Waals surface area (Å²) in [6.07, 6.45) is 1.66. The molecule has 3 aromatic rings. The van der Waals surface area contributed by atoms with E-state index in [1.54, 1.807) is 16.8 Å². The van der Waals surface area contributed by atoms with Crippen molar-refractivity contribution in [1.82, 2.24) is 9.88 Å². The van der Waals surface area contributed by atoms with Gasteiger partial charge in [-0.25, -0.2) is 0 Å². The third-order valence-corrected chi connectivity index (χ3v) is 4.36. The number of aromatic nitrogens is 1. The van der Waals surface area contributed by atoms with Crippen molar-refractivity contribution in [2.24, 2.45) is 0 Å². The normalized spacial score (nSPS) is 10.8. The van der Waals surface area contributed by atoms with Crippen LogP contribution >= 0.6 is 15.9 Å². The molecular weight excluding hydrogens is 368 g/mol. The minimum absolute atomic E-state index is 0.0474. The predicted molar refractivity (Wildman–Crippen MR) is 98.9 cm³/mol. The standard InChI is InChI=1S/C19H17BrN2O2/c1-13-2-4-14(5-3-13)11-21-19(24)12-22-9-8-18(23)16-7-6-15(20)10-17(16)22/h2-10H,11-12H2,1H3,(H,21,24). The zero-order valence-corrected chi connectivity index (χ0v) is 14.8. The number of rotatable bonds is 4. The van der Waals surface area contributed by atoms with Gasteiger partial charge < -0.3 is 9.88 Å². The van der Waals surface area contributed by atoms with Gasteiger partial charge in [0, 0.05) is 28.7 Å². The van der Waals surface area contributed by atoms with Gasteiger partial charge in [-0.3, -0.25) is 9.59 Å². The Morgan fingerprint density at radius 3 is 2.62 bits per heavy atom. The molecule has 0 radical (unpaired) electrons. The highest BCUT2D eigenvalue weighted by atomic mass is 79.9. The first kappa shape index (κ1) is 16.5. The van der Waals surface area contributed by atoms with E-state index in [1.165, 1.54) is 11.6 Å². The summed E-state index contributed by atoms with van der Waals surface area (Å²) in [7, 11) is 0. The fourth-order valence-corrected chi connectivity index (χ4v) is 2.88. The number of benzene rings is 2. The molecule has 0 saturated carbocycles. The minimum Gasteiger partial charge on any atom is -0.350 e. The van der Waals surface area contributed by atoms with Crippen LogP contribution in [0.4, 0.5) is 0 Å². The SMILES string of the molecule is Cc1ccc(CNC(=O)Cn2ccc(=O)c3ccc(Br)cc32)cc1. The molecule has 0 saturated heterocycles. The Morgan fingerprint density at radius 2 is 1.88 bits per heavy atom. The molecule has 1 aromatic heterocycles. The highest BCUT2D eigenvalue weighted by Crippen LogP contribution is 2.17. The lowest BCUT2D eigenvalue weighted by Gasteiger charge is -2.11. The molecule has 5 heteroatoms. The van der Waals surface area contributed by atoms with Crippen molar-refractivity contribution in [2.75, 3.05) is 0 Å².